The highest BCUT2D eigenvalue weighted by atomic mass is 35.5. The van der Waals surface area contributed by atoms with Crippen LogP contribution in [-0.4, -0.2) is 10.1 Å². The van der Waals surface area contributed by atoms with Crippen LogP contribution in [0.5, 0.6) is 5.75 Å². The van der Waals surface area contributed by atoms with Crippen molar-refractivity contribution >= 4 is 34.1 Å². The second-order valence-corrected chi connectivity index (χ2v) is 8.08. The van der Waals surface area contributed by atoms with Crippen molar-refractivity contribution in [2.45, 2.75) is 0 Å². The molecule has 0 saturated carbocycles. The van der Waals surface area contributed by atoms with E-state index in [0.29, 0.717) is 10.0 Å². The largest absolute Gasteiger partial charge is 0.508 e. The minimum Gasteiger partial charge on any atom is -0.508 e. The van der Waals surface area contributed by atoms with Crippen molar-refractivity contribution in [2.24, 2.45) is 0 Å². The normalized spacial score (nSPS) is 11.0. The van der Waals surface area contributed by atoms with Crippen LogP contribution in [0.1, 0.15) is 0 Å². The summed E-state index contributed by atoms with van der Waals surface area (Å²) < 4.78 is 0. The van der Waals surface area contributed by atoms with Crippen molar-refractivity contribution in [3.05, 3.63) is 107 Å². The lowest BCUT2D eigenvalue weighted by molar-refractivity contribution is 0.476. The van der Waals surface area contributed by atoms with Crippen LogP contribution < -0.4 is 0 Å². The molecule has 0 atom stereocenters. The number of phenolic OH excluding ortho intramolecular Hbond substituents is 1. The summed E-state index contributed by atoms with van der Waals surface area (Å²) in [5.41, 5.74) is 5.76. The number of hydrogen-bond donors (Lipinski definition) is 1. The Bertz CT molecular complexity index is 1360. The van der Waals surface area contributed by atoms with Gasteiger partial charge in [-0.2, -0.15) is 0 Å². The third-order valence-corrected chi connectivity index (χ3v) is 5.96. The van der Waals surface area contributed by atoms with Crippen LogP contribution in [0.25, 0.3) is 44.4 Å². The van der Waals surface area contributed by atoms with Gasteiger partial charge in [-0.25, -0.2) is 4.98 Å². The smallest absolute Gasteiger partial charge is 0.116 e. The molecule has 31 heavy (non-hydrogen) atoms. The lowest BCUT2D eigenvalue weighted by Crippen LogP contribution is -1.94. The molecule has 0 unspecified atom stereocenters. The fourth-order valence-electron chi connectivity index (χ4n) is 3.89. The van der Waals surface area contributed by atoms with Crippen LogP contribution in [0, 0.1) is 0 Å². The molecule has 0 saturated heterocycles. The summed E-state index contributed by atoms with van der Waals surface area (Å²) in [6, 6.07) is 30.7. The van der Waals surface area contributed by atoms with Crippen LogP contribution >= 0.6 is 23.2 Å². The topological polar surface area (TPSA) is 33.1 Å². The van der Waals surface area contributed by atoms with E-state index in [9.17, 15) is 5.11 Å². The zero-order valence-electron chi connectivity index (χ0n) is 16.4. The summed E-state index contributed by atoms with van der Waals surface area (Å²) in [7, 11) is 0. The molecular formula is C27H17Cl2NO. The molecule has 1 aromatic heterocycles. The molecule has 150 valence electrons. The highest BCUT2D eigenvalue weighted by molar-refractivity contribution is 6.34. The van der Waals surface area contributed by atoms with Gasteiger partial charge in [-0.15, -0.1) is 0 Å². The number of aromatic hydroxyl groups is 1. The van der Waals surface area contributed by atoms with Crippen molar-refractivity contribution in [2.75, 3.05) is 0 Å². The molecule has 0 fully saturated rings. The molecule has 5 rings (SSSR count). The van der Waals surface area contributed by atoms with Crippen molar-refractivity contribution in [1.29, 1.82) is 0 Å². The second-order valence-electron chi connectivity index (χ2n) is 7.26. The van der Waals surface area contributed by atoms with Gasteiger partial charge in [0.25, 0.3) is 0 Å². The maximum absolute atomic E-state index is 10.6. The maximum atomic E-state index is 10.6. The monoisotopic (exact) mass is 441 g/mol. The molecule has 0 amide bonds. The fraction of sp³-hybridized carbons (Fsp3) is 0. The van der Waals surface area contributed by atoms with Crippen molar-refractivity contribution in [3.8, 4) is 39.3 Å². The summed E-state index contributed by atoms with van der Waals surface area (Å²) in [4.78, 5) is 4.94. The van der Waals surface area contributed by atoms with Crippen LogP contribution in [0.4, 0.5) is 0 Å². The zero-order valence-corrected chi connectivity index (χ0v) is 17.9. The van der Waals surface area contributed by atoms with Gasteiger partial charge in [-0.05, 0) is 47.5 Å². The van der Waals surface area contributed by atoms with Crippen molar-refractivity contribution < 1.29 is 5.11 Å². The van der Waals surface area contributed by atoms with E-state index in [4.69, 9.17) is 28.2 Å². The van der Waals surface area contributed by atoms with E-state index in [1.54, 1.807) is 12.1 Å². The number of benzene rings is 4. The molecule has 0 spiro atoms. The summed E-state index contributed by atoms with van der Waals surface area (Å²) >= 11 is 13.1. The Balaban J connectivity index is 1.89. The van der Waals surface area contributed by atoms with Crippen LogP contribution in [0.15, 0.2) is 97.1 Å². The van der Waals surface area contributed by atoms with E-state index in [0.717, 1.165) is 44.4 Å². The molecule has 5 aromatic rings. The zero-order chi connectivity index (χ0) is 21.4. The second kappa shape index (κ2) is 8.07. The van der Waals surface area contributed by atoms with E-state index in [-0.39, 0.29) is 5.75 Å². The molecule has 1 heterocycles. The predicted octanol–water partition coefficient (Wildman–Crippen LogP) is 8.25. The highest BCUT2D eigenvalue weighted by Gasteiger charge is 2.20. The Morgan fingerprint density at radius 1 is 0.581 bits per heavy atom. The average molecular weight is 442 g/mol. The number of hydrogen-bond acceptors (Lipinski definition) is 2. The molecular weight excluding hydrogens is 425 g/mol. The summed E-state index contributed by atoms with van der Waals surface area (Å²) in [6.07, 6.45) is 0. The van der Waals surface area contributed by atoms with E-state index in [1.165, 1.54) is 0 Å². The fourth-order valence-corrected chi connectivity index (χ4v) is 4.37. The number of pyridine rings is 1. The van der Waals surface area contributed by atoms with Crippen LogP contribution in [0.3, 0.4) is 0 Å². The number of para-hydroxylation sites is 1. The van der Waals surface area contributed by atoms with E-state index in [1.807, 2.05) is 78.9 Å². The standard InChI is InChI=1S/C27H17Cl2NO/c28-23-10-4-2-8-19(23)21-15-18(31)16-22(20-9-3-5-11-24(20)29)27(21)26-14-13-17-7-1-6-12-25(17)30-26/h1-16,31H. The molecule has 0 aliphatic rings. The molecule has 0 aliphatic heterocycles. The first-order valence-corrected chi connectivity index (χ1v) is 10.6. The average Bonchev–Trinajstić information content (AvgIpc) is 2.79. The molecule has 2 nitrogen and oxygen atoms in total. The Morgan fingerprint density at radius 2 is 1.13 bits per heavy atom. The Morgan fingerprint density at radius 3 is 1.74 bits per heavy atom. The molecule has 4 heteroatoms. The number of phenols is 1. The SMILES string of the molecule is Oc1cc(-c2ccccc2Cl)c(-c2ccc3ccccc3n2)c(-c2ccccc2Cl)c1. The Kier molecular flexibility index (Phi) is 5.11. The highest BCUT2D eigenvalue weighted by Crippen LogP contribution is 2.45. The third-order valence-electron chi connectivity index (χ3n) is 5.31. The van der Waals surface area contributed by atoms with Gasteiger partial charge in [-0.1, -0.05) is 83.9 Å². The molecule has 0 bridgehead atoms. The van der Waals surface area contributed by atoms with Gasteiger partial charge in [0, 0.05) is 32.1 Å². The minimum absolute atomic E-state index is 0.134. The molecule has 1 N–H and O–H groups in total. The molecule has 0 radical (unpaired) electrons. The molecule has 0 aliphatic carbocycles. The van der Waals surface area contributed by atoms with Crippen molar-refractivity contribution in [3.63, 3.8) is 0 Å². The summed E-state index contributed by atoms with van der Waals surface area (Å²) in [5, 5.41) is 12.9. The number of halogens is 2. The van der Waals surface area contributed by atoms with Gasteiger partial charge in [0.15, 0.2) is 0 Å². The first-order chi connectivity index (χ1) is 15.1. The van der Waals surface area contributed by atoms with Gasteiger partial charge in [0.05, 0.1) is 11.2 Å². The first kappa shape index (κ1) is 19.6. The number of nitrogens with zero attached hydrogens (tertiary/aromatic N) is 1. The van der Waals surface area contributed by atoms with E-state index < -0.39 is 0 Å². The van der Waals surface area contributed by atoms with Gasteiger partial charge in [-0.3, -0.25) is 0 Å². The summed E-state index contributed by atoms with van der Waals surface area (Å²) in [6.45, 7) is 0. The van der Waals surface area contributed by atoms with Gasteiger partial charge < -0.3 is 5.11 Å². The lowest BCUT2D eigenvalue weighted by Gasteiger charge is -2.18. The van der Waals surface area contributed by atoms with Crippen LogP contribution in [-0.2, 0) is 0 Å². The van der Waals surface area contributed by atoms with Crippen LogP contribution in [0.2, 0.25) is 10.0 Å². The number of rotatable bonds is 3. The van der Waals surface area contributed by atoms with Gasteiger partial charge >= 0.3 is 0 Å². The third kappa shape index (κ3) is 3.65. The predicted molar refractivity (Wildman–Crippen MR) is 130 cm³/mol. The van der Waals surface area contributed by atoms with Gasteiger partial charge in [0.2, 0.25) is 0 Å². The Hall–Kier alpha value is -3.33. The quantitative estimate of drug-likeness (QED) is 0.305. The van der Waals surface area contributed by atoms with Crippen molar-refractivity contribution in [1.82, 2.24) is 4.98 Å². The van der Waals surface area contributed by atoms with Gasteiger partial charge in [0.1, 0.15) is 5.75 Å². The van der Waals surface area contributed by atoms with E-state index >= 15 is 0 Å². The Labute approximate surface area is 190 Å². The minimum atomic E-state index is 0.134. The maximum Gasteiger partial charge on any atom is 0.116 e. The lowest BCUT2D eigenvalue weighted by atomic mass is 9.89. The summed E-state index contributed by atoms with van der Waals surface area (Å²) in [5.74, 6) is 0.134. The first-order valence-electron chi connectivity index (χ1n) is 9.85. The number of fused-ring (bicyclic) bond motifs is 1. The molecule has 4 aromatic carbocycles. The van der Waals surface area contributed by atoms with E-state index in [2.05, 4.69) is 6.07 Å². The number of aromatic nitrogens is 1.